The van der Waals surface area contributed by atoms with Gasteiger partial charge in [0.05, 0.1) is 40.4 Å². The molecule has 3 rings (SSSR count). The summed E-state index contributed by atoms with van der Waals surface area (Å²) in [6.45, 7) is 2.62. The highest BCUT2D eigenvalue weighted by Crippen LogP contribution is 2.33. The molecule has 0 aliphatic carbocycles. The summed E-state index contributed by atoms with van der Waals surface area (Å²) >= 11 is 1.28. The number of methoxy groups -OCH3 is 4. The van der Waals surface area contributed by atoms with Crippen LogP contribution >= 0.6 is 11.8 Å². The number of hydrogen-bond donors (Lipinski definition) is 1. The van der Waals surface area contributed by atoms with Gasteiger partial charge in [0.15, 0.2) is 34.0 Å². The Morgan fingerprint density at radius 2 is 1.79 bits per heavy atom. The number of amides is 1. The van der Waals surface area contributed by atoms with E-state index in [-0.39, 0.29) is 11.7 Å². The number of carbonyl (C=O) groups excluding carboxylic acids is 1. The first-order chi connectivity index (χ1) is 16.6. The van der Waals surface area contributed by atoms with Crippen LogP contribution in [0.3, 0.4) is 0 Å². The Labute approximate surface area is 202 Å². The summed E-state index contributed by atoms with van der Waals surface area (Å²) in [6, 6.07) is 11.0. The molecule has 1 amide bonds. The van der Waals surface area contributed by atoms with Gasteiger partial charge in [0, 0.05) is 17.7 Å². The fraction of sp³-hybridized carbons (Fsp3) is 0.304. The smallest absolute Gasteiger partial charge is 0.250 e. The fourth-order valence-electron chi connectivity index (χ4n) is 3.22. The van der Waals surface area contributed by atoms with Gasteiger partial charge in [-0.1, -0.05) is 17.8 Å². The standard InChI is InChI=1S/C23H27N5O5S/c1-6-28-22(15-10-11-17(30-2)19(12-15)32-4)26-27-23(28)34-14-20(29)25-24-13-16-8-7-9-18(31-3)21(16)33-5/h7-13H,6,14H2,1-5H3,(H,25,29). The van der Waals surface area contributed by atoms with Crippen LogP contribution in [0, 0.1) is 0 Å². The molecular formula is C23H27N5O5S. The monoisotopic (exact) mass is 485 g/mol. The van der Waals surface area contributed by atoms with Crippen molar-refractivity contribution in [1.82, 2.24) is 20.2 Å². The number of nitrogens with zero attached hydrogens (tertiary/aromatic N) is 4. The second kappa shape index (κ2) is 11.9. The molecule has 0 aliphatic heterocycles. The van der Waals surface area contributed by atoms with Crippen LogP contribution in [0.1, 0.15) is 12.5 Å². The predicted molar refractivity (Wildman–Crippen MR) is 130 cm³/mol. The maximum Gasteiger partial charge on any atom is 0.250 e. The number of aromatic nitrogens is 3. The van der Waals surface area contributed by atoms with E-state index in [4.69, 9.17) is 18.9 Å². The number of benzene rings is 2. The first-order valence-electron chi connectivity index (χ1n) is 10.4. The first kappa shape index (κ1) is 24.9. The minimum Gasteiger partial charge on any atom is -0.493 e. The molecule has 0 spiro atoms. The minimum absolute atomic E-state index is 0.122. The van der Waals surface area contributed by atoms with Gasteiger partial charge in [0.2, 0.25) is 0 Å². The van der Waals surface area contributed by atoms with Crippen molar-refractivity contribution < 1.29 is 23.7 Å². The Balaban J connectivity index is 1.66. The third kappa shape index (κ3) is 5.60. The topological polar surface area (TPSA) is 109 Å². The number of para-hydroxylation sites is 1. The number of hydrazone groups is 1. The molecule has 0 bridgehead atoms. The SMILES string of the molecule is CCn1c(SCC(=O)NN=Cc2cccc(OC)c2OC)nnc1-c1ccc(OC)c(OC)c1. The van der Waals surface area contributed by atoms with Crippen molar-refractivity contribution >= 4 is 23.9 Å². The van der Waals surface area contributed by atoms with E-state index >= 15 is 0 Å². The number of rotatable bonds is 11. The maximum atomic E-state index is 12.3. The van der Waals surface area contributed by atoms with Crippen LogP contribution in [0.15, 0.2) is 46.7 Å². The van der Waals surface area contributed by atoms with E-state index in [2.05, 4.69) is 20.7 Å². The number of nitrogens with one attached hydrogen (secondary N) is 1. The van der Waals surface area contributed by atoms with Gasteiger partial charge in [-0.2, -0.15) is 5.10 Å². The van der Waals surface area contributed by atoms with Crippen molar-refractivity contribution in [3.05, 3.63) is 42.0 Å². The van der Waals surface area contributed by atoms with Crippen molar-refractivity contribution in [2.75, 3.05) is 34.2 Å². The van der Waals surface area contributed by atoms with Crippen LogP contribution in [0.5, 0.6) is 23.0 Å². The van der Waals surface area contributed by atoms with E-state index in [9.17, 15) is 4.79 Å². The normalized spacial score (nSPS) is 10.9. The number of hydrogen-bond acceptors (Lipinski definition) is 9. The second-order valence-electron chi connectivity index (χ2n) is 6.78. The summed E-state index contributed by atoms with van der Waals surface area (Å²) in [5.74, 6) is 2.87. The average Bonchev–Trinajstić information content (AvgIpc) is 3.29. The largest absolute Gasteiger partial charge is 0.493 e. The van der Waals surface area contributed by atoms with Gasteiger partial charge in [0.25, 0.3) is 5.91 Å². The van der Waals surface area contributed by atoms with Gasteiger partial charge < -0.3 is 23.5 Å². The maximum absolute atomic E-state index is 12.3. The molecule has 11 heteroatoms. The van der Waals surface area contributed by atoms with Crippen molar-refractivity contribution in [2.24, 2.45) is 5.10 Å². The molecule has 34 heavy (non-hydrogen) atoms. The molecule has 0 atom stereocenters. The van der Waals surface area contributed by atoms with Crippen molar-refractivity contribution in [3.63, 3.8) is 0 Å². The zero-order valence-electron chi connectivity index (χ0n) is 19.7. The fourth-order valence-corrected chi connectivity index (χ4v) is 4.01. The van der Waals surface area contributed by atoms with E-state index in [1.807, 2.05) is 41.8 Å². The van der Waals surface area contributed by atoms with Gasteiger partial charge >= 0.3 is 0 Å². The van der Waals surface area contributed by atoms with E-state index in [0.717, 1.165) is 5.56 Å². The zero-order valence-corrected chi connectivity index (χ0v) is 20.5. The summed E-state index contributed by atoms with van der Waals surface area (Å²) in [4.78, 5) is 12.3. The van der Waals surface area contributed by atoms with Crippen LogP contribution in [-0.4, -0.2) is 61.1 Å². The van der Waals surface area contributed by atoms with Gasteiger partial charge in [-0.15, -0.1) is 10.2 Å². The summed E-state index contributed by atoms with van der Waals surface area (Å²) < 4.78 is 23.2. The molecular weight excluding hydrogens is 458 g/mol. The average molecular weight is 486 g/mol. The quantitative estimate of drug-likeness (QED) is 0.250. The third-order valence-corrected chi connectivity index (χ3v) is 5.80. The van der Waals surface area contributed by atoms with E-state index < -0.39 is 0 Å². The molecule has 0 unspecified atom stereocenters. The molecule has 180 valence electrons. The van der Waals surface area contributed by atoms with Gasteiger partial charge in [0.1, 0.15) is 0 Å². The van der Waals surface area contributed by atoms with Crippen molar-refractivity contribution in [2.45, 2.75) is 18.6 Å². The Bertz CT molecular complexity index is 1160. The lowest BCUT2D eigenvalue weighted by atomic mass is 10.2. The first-order valence-corrected chi connectivity index (χ1v) is 11.4. The molecule has 0 aliphatic rings. The van der Waals surface area contributed by atoms with E-state index in [1.54, 1.807) is 34.5 Å². The molecule has 2 aromatic carbocycles. The summed E-state index contributed by atoms with van der Waals surface area (Å²) in [5.41, 5.74) is 4.03. The molecule has 0 saturated heterocycles. The summed E-state index contributed by atoms with van der Waals surface area (Å²) in [5, 5.41) is 13.2. The minimum atomic E-state index is -0.276. The second-order valence-corrected chi connectivity index (χ2v) is 7.73. The van der Waals surface area contributed by atoms with E-state index in [0.29, 0.717) is 46.1 Å². The summed E-state index contributed by atoms with van der Waals surface area (Å²) in [7, 11) is 6.27. The molecule has 1 heterocycles. The number of carbonyl (C=O) groups is 1. The van der Waals surface area contributed by atoms with Crippen molar-refractivity contribution in [3.8, 4) is 34.4 Å². The molecule has 0 fully saturated rings. The van der Waals surface area contributed by atoms with E-state index in [1.165, 1.54) is 18.0 Å². The molecule has 0 radical (unpaired) electrons. The summed E-state index contributed by atoms with van der Waals surface area (Å²) in [6.07, 6.45) is 1.51. The lowest BCUT2D eigenvalue weighted by Gasteiger charge is -2.11. The number of thioether (sulfide) groups is 1. The highest BCUT2D eigenvalue weighted by Gasteiger charge is 2.16. The number of ether oxygens (including phenoxy) is 4. The lowest BCUT2D eigenvalue weighted by molar-refractivity contribution is -0.118. The van der Waals surface area contributed by atoms with Crippen LogP contribution in [-0.2, 0) is 11.3 Å². The highest BCUT2D eigenvalue weighted by molar-refractivity contribution is 7.99. The molecule has 10 nitrogen and oxygen atoms in total. The van der Waals surface area contributed by atoms with Gasteiger partial charge in [-0.25, -0.2) is 5.43 Å². The molecule has 3 aromatic rings. The molecule has 1 aromatic heterocycles. The van der Waals surface area contributed by atoms with Gasteiger partial charge in [-0.05, 0) is 37.3 Å². The van der Waals surface area contributed by atoms with Crippen LogP contribution in [0.2, 0.25) is 0 Å². The highest BCUT2D eigenvalue weighted by atomic mass is 32.2. The third-order valence-electron chi connectivity index (χ3n) is 4.83. The van der Waals surface area contributed by atoms with Crippen molar-refractivity contribution in [1.29, 1.82) is 0 Å². The molecule has 0 saturated carbocycles. The Hall–Kier alpha value is -3.73. The predicted octanol–water partition coefficient (Wildman–Crippen LogP) is 3.24. The zero-order chi connectivity index (χ0) is 24.5. The Kier molecular flexibility index (Phi) is 8.74. The lowest BCUT2D eigenvalue weighted by Crippen LogP contribution is -2.20. The van der Waals surface area contributed by atoms with Crippen LogP contribution in [0.4, 0.5) is 0 Å². The molecule has 1 N–H and O–H groups in total. The Morgan fingerprint density at radius 3 is 2.47 bits per heavy atom. The van der Waals surface area contributed by atoms with Crippen LogP contribution < -0.4 is 24.4 Å². The van der Waals surface area contributed by atoms with Gasteiger partial charge in [-0.3, -0.25) is 4.79 Å². The Morgan fingerprint density at radius 1 is 1.03 bits per heavy atom. The van der Waals surface area contributed by atoms with Crippen LogP contribution in [0.25, 0.3) is 11.4 Å².